The number of aromatic nitrogens is 3. The molecule has 44 heavy (non-hydrogen) atoms. The molecule has 0 amide bonds. The SMILES string of the molecule is CC(C)c1cnc(-c2[c-]cccc2)cc1-c1ccccc1.CC(c1cc(-c2[c-]ccnc2)ncc1[Si](C)(C)C)C(C)(C)C.[Ir]. The molecule has 0 spiro atoms. The zero-order valence-corrected chi connectivity index (χ0v) is 31.0. The fraction of sp³-hybridized carbons (Fsp3) is 0.308. The average molecular weight is 776 g/mol. The number of nitrogens with zero attached hydrogens (tertiary/aromatic N) is 3. The van der Waals surface area contributed by atoms with E-state index in [4.69, 9.17) is 4.98 Å². The maximum atomic E-state index is 4.70. The Kier molecular flexibility index (Phi) is 12.1. The number of pyridine rings is 3. The summed E-state index contributed by atoms with van der Waals surface area (Å²) in [5.41, 5.74) is 9.38. The van der Waals surface area contributed by atoms with Gasteiger partial charge in [-0.2, -0.15) is 0 Å². The maximum Gasteiger partial charge on any atom is 0.0799 e. The second-order valence-electron chi connectivity index (χ2n) is 13.6. The van der Waals surface area contributed by atoms with Crippen LogP contribution in [0.25, 0.3) is 33.6 Å². The summed E-state index contributed by atoms with van der Waals surface area (Å²) in [6, 6.07) is 31.2. The van der Waals surface area contributed by atoms with Crippen LogP contribution in [0.2, 0.25) is 19.6 Å². The summed E-state index contributed by atoms with van der Waals surface area (Å²) in [5, 5.41) is 1.46. The average Bonchev–Trinajstić information content (AvgIpc) is 3.01. The predicted octanol–water partition coefficient (Wildman–Crippen LogP) is 9.98. The fourth-order valence-corrected chi connectivity index (χ4v) is 6.63. The van der Waals surface area contributed by atoms with E-state index in [-0.39, 0.29) is 25.5 Å². The van der Waals surface area contributed by atoms with Crippen LogP contribution in [-0.4, -0.2) is 23.0 Å². The van der Waals surface area contributed by atoms with Crippen LogP contribution in [0.5, 0.6) is 0 Å². The van der Waals surface area contributed by atoms with Crippen LogP contribution < -0.4 is 5.19 Å². The molecule has 1 atom stereocenters. The van der Waals surface area contributed by atoms with E-state index in [1.54, 1.807) is 6.20 Å². The molecule has 3 aromatic heterocycles. The van der Waals surface area contributed by atoms with Gasteiger partial charge in [-0.3, -0.25) is 0 Å². The van der Waals surface area contributed by atoms with Crippen LogP contribution in [0.15, 0.2) is 97.6 Å². The van der Waals surface area contributed by atoms with E-state index in [2.05, 4.69) is 126 Å². The van der Waals surface area contributed by atoms with Crippen molar-refractivity contribution in [2.45, 2.75) is 73.0 Å². The quantitative estimate of drug-likeness (QED) is 0.127. The molecule has 0 aliphatic rings. The Morgan fingerprint density at radius 1 is 0.705 bits per heavy atom. The number of rotatable bonds is 6. The molecule has 1 unspecified atom stereocenters. The van der Waals surface area contributed by atoms with Crippen molar-refractivity contribution in [3.8, 4) is 33.6 Å². The van der Waals surface area contributed by atoms with Crippen molar-refractivity contribution >= 4 is 13.3 Å². The van der Waals surface area contributed by atoms with Gasteiger partial charge in [0.15, 0.2) is 0 Å². The Labute approximate surface area is 280 Å². The monoisotopic (exact) mass is 776 g/mol. The summed E-state index contributed by atoms with van der Waals surface area (Å²) in [4.78, 5) is 13.5. The fourth-order valence-electron chi connectivity index (χ4n) is 5.03. The smallest absolute Gasteiger partial charge is 0.0799 e. The minimum absolute atomic E-state index is 0. The Balaban J connectivity index is 0.000000235. The van der Waals surface area contributed by atoms with Gasteiger partial charge in [-0.15, -0.1) is 53.6 Å². The van der Waals surface area contributed by atoms with E-state index >= 15 is 0 Å². The standard InChI is InChI=1S/C20H18N.C19H27N2Si.Ir/c1-15(2)19-14-21-20(17-11-7-4-8-12-17)13-18(19)16-9-5-3-6-10-16;1-14(19(2,3)4)16-11-17(15-9-8-10-20-12-15)21-13-18(16)22(5,6)7;/h3-11,13-15H,1-2H3;8,10-14H,1-7H3;/q2*-1;. The molecule has 0 aliphatic carbocycles. The summed E-state index contributed by atoms with van der Waals surface area (Å²) in [6.45, 7) is 20.8. The zero-order chi connectivity index (χ0) is 31.2. The minimum Gasteiger partial charge on any atom is -0.360 e. The number of hydrogen-bond donors (Lipinski definition) is 0. The van der Waals surface area contributed by atoms with Gasteiger partial charge in [-0.1, -0.05) is 122 Å². The minimum atomic E-state index is -1.43. The molecule has 5 rings (SSSR count). The molecule has 5 aromatic rings. The van der Waals surface area contributed by atoms with Crippen molar-refractivity contribution in [1.29, 1.82) is 0 Å². The molecule has 0 fully saturated rings. The molecule has 0 aliphatic heterocycles. The second-order valence-corrected chi connectivity index (χ2v) is 18.6. The van der Waals surface area contributed by atoms with E-state index in [0.29, 0.717) is 11.8 Å². The zero-order valence-electron chi connectivity index (χ0n) is 27.6. The van der Waals surface area contributed by atoms with Gasteiger partial charge in [0, 0.05) is 32.5 Å². The molecule has 3 nitrogen and oxygen atoms in total. The van der Waals surface area contributed by atoms with Crippen molar-refractivity contribution in [3.05, 3.63) is 121 Å². The van der Waals surface area contributed by atoms with Gasteiger partial charge in [0.05, 0.1) is 8.07 Å². The van der Waals surface area contributed by atoms with Gasteiger partial charge in [-0.05, 0) is 50.5 Å². The van der Waals surface area contributed by atoms with Crippen molar-refractivity contribution in [2.75, 3.05) is 0 Å². The molecule has 0 saturated carbocycles. The first kappa shape index (κ1) is 35.2. The van der Waals surface area contributed by atoms with Crippen LogP contribution in [0.1, 0.15) is 64.5 Å². The Morgan fingerprint density at radius 2 is 1.34 bits per heavy atom. The molecular weight excluding hydrogens is 731 g/mol. The third-order valence-electron chi connectivity index (χ3n) is 8.02. The first-order valence-electron chi connectivity index (χ1n) is 15.2. The summed E-state index contributed by atoms with van der Waals surface area (Å²) < 4.78 is 0. The molecule has 1 radical (unpaired) electrons. The normalized spacial score (nSPS) is 12.1. The molecule has 0 bridgehead atoms. The van der Waals surface area contributed by atoms with Crippen LogP contribution >= 0.6 is 0 Å². The van der Waals surface area contributed by atoms with Crippen LogP contribution in [0, 0.1) is 17.5 Å². The summed E-state index contributed by atoms with van der Waals surface area (Å²) in [7, 11) is -1.43. The van der Waals surface area contributed by atoms with Gasteiger partial charge in [0.1, 0.15) is 0 Å². The van der Waals surface area contributed by atoms with Gasteiger partial charge in [-0.25, -0.2) is 0 Å². The molecule has 3 heterocycles. The Morgan fingerprint density at radius 3 is 1.91 bits per heavy atom. The van der Waals surface area contributed by atoms with Crippen molar-refractivity contribution < 1.29 is 20.1 Å². The van der Waals surface area contributed by atoms with E-state index in [9.17, 15) is 0 Å². The summed E-state index contributed by atoms with van der Waals surface area (Å²) in [6.07, 6.45) is 7.68. The van der Waals surface area contributed by atoms with Gasteiger partial charge in [0.25, 0.3) is 0 Å². The Hall–Kier alpha value is -3.24. The van der Waals surface area contributed by atoms with E-state index < -0.39 is 8.07 Å². The van der Waals surface area contributed by atoms with Crippen molar-refractivity contribution in [2.24, 2.45) is 5.41 Å². The van der Waals surface area contributed by atoms with Gasteiger partial charge in [0.2, 0.25) is 0 Å². The first-order valence-corrected chi connectivity index (χ1v) is 18.7. The van der Waals surface area contributed by atoms with Crippen molar-refractivity contribution in [3.63, 3.8) is 0 Å². The van der Waals surface area contributed by atoms with E-state index in [0.717, 1.165) is 22.5 Å². The molecule has 2 aromatic carbocycles. The van der Waals surface area contributed by atoms with Gasteiger partial charge >= 0.3 is 0 Å². The molecule has 0 N–H and O–H groups in total. The maximum absolute atomic E-state index is 4.70. The molecule has 231 valence electrons. The number of hydrogen-bond acceptors (Lipinski definition) is 3. The Bertz CT molecular complexity index is 1610. The van der Waals surface area contributed by atoms with Crippen LogP contribution in [0.4, 0.5) is 0 Å². The third-order valence-corrected chi connectivity index (χ3v) is 10.0. The summed E-state index contributed by atoms with van der Waals surface area (Å²) in [5.74, 6) is 0.925. The topological polar surface area (TPSA) is 38.7 Å². The molecular formula is C39H45IrN3Si-2. The van der Waals surface area contributed by atoms with Gasteiger partial charge < -0.3 is 15.0 Å². The molecule has 5 heteroatoms. The first-order chi connectivity index (χ1) is 20.4. The van der Waals surface area contributed by atoms with Crippen molar-refractivity contribution in [1.82, 2.24) is 15.0 Å². The van der Waals surface area contributed by atoms with Crippen LogP contribution in [0.3, 0.4) is 0 Å². The van der Waals surface area contributed by atoms with E-state index in [1.807, 2.05) is 48.8 Å². The predicted molar refractivity (Wildman–Crippen MR) is 185 cm³/mol. The summed E-state index contributed by atoms with van der Waals surface area (Å²) >= 11 is 0. The van der Waals surface area contributed by atoms with E-state index in [1.165, 1.54) is 27.4 Å². The second kappa shape index (κ2) is 15.2. The molecule has 0 saturated heterocycles. The van der Waals surface area contributed by atoms with Crippen LogP contribution in [-0.2, 0) is 20.1 Å². The largest absolute Gasteiger partial charge is 0.360 e. The number of benzene rings is 2. The third kappa shape index (κ3) is 8.91.